The zero-order chi connectivity index (χ0) is 21.8. The van der Waals surface area contributed by atoms with E-state index in [1.54, 1.807) is 12.1 Å². The van der Waals surface area contributed by atoms with Gasteiger partial charge in [0.25, 0.3) is 0 Å². The van der Waals surface area contributed by atoms with Crippen molar-refractivity contribution in [1.82, 2.24) is 30.2 Å². The van der Waals surface area contributed by atoms with E-state index in [2.05, 4.69) is 30.7 Å². The summed E-state index contributed by atoms with van der Waals surface area (Å²) in [5.74, 6) is 2.01. The predicted molar refractivity (Wildman–Crippen MR) is 115 cm³/mol. The van der Waals surface area contributed by atoms with Crippen LogP contribution < -0.4 is 14.8 Å². The molecule has 0 bridgehead atoms. The lowest BCUT2D eigenvalue weighted by Gasteiger charge is -2.15. The fourth-order valence-electron chi connectivity index (χ4n) is 3.20. The number of tetrazole rings is 1. The van der Waals surface area contributed by atoms with Gasteiger partial charge in [-0.3, -0.25) is 4.79 Å². The number of hydrogen-bond donors (Lipinski definition) is 2. The third-order valence-electron chi connectivity index (χ3n) is 4.45. The van der Waals surface area contributed by atoms with Gasteiger partial charge in [0.05, 0.1) is 24.2 Å². The minimum absolute atomic E-state index is 0.107. The van der Waals surface area contributed by atoms with Crippen LogP contribution in [0.5, 0.6) is 11.5 Å². The second kappa shape index (κ2) is 8.82. The average Bonchev–Trinajstić information content (AvgIpc) is 3.35. The largest absolute Gasteiger partial charge is 0.492 e. The van der Waals surface area contributed by atoms with E-state index in [4.69, 9.17) is 9.47 Å². The molecule has 4 rings (SSSR count). The van der Waals surface area contributed by atoms with Crippen LogP contribution in [-0.4, -0.2) is 49.3 Å². The average molecular weight is 421 g/mol. The van der Waals surface area contributed by atoms with E-state index >= 15 is 0 Å². The van der Waals surface area contributed by atoms with Crippen LogP contribution in [0.1, 0.15) is 19.7 Å². The number of carbonyl (C=O) groups excluding carboxylic acids is 1. The number of imidazole rings is 1. The standard InChI is InChI=1S/C21H23N7O3/c1-4-30-17-7-6-8-18(31-5-2)20(17)24-19(29)12-28-26-21(25-27-28)14-9-10-15-16(11-14)23-13(3)22-15/h6-11H,4-5,12H2,1-3H3,(H,22,23)(H,24,29). The van der Waals surface area contributed by atoms with Crippen molar-refractivity contribution in [3.05, 3.63) is 42.2 Å². The summed E-state index contributed by atoms with van der Waals surface area (Å²) in [6.07, 6.45) is 0. The number of nitrogens with one attached hydrogen (secondary N) is 2. The number of aromatic nitrogens is 6. The first kappa shape index (κ1) is 20.3. The molecule has 0 radical (unpaired) electrons. The molecular formula is C21H23N7O3. The Morgan fingerprint density at radius 1 is 1.13 bits per heavy atom. The van der Waals surface area contributed by atoms with Gasteiger partial charge in [-0.1, -0.05) is 6.07 Å². The molecule has 2 aromatic heterocycles. The fraction of sp³-hybridized carbons (Fsp3) is 0.286. The molecule has 0 fully saturated rings. The second-order valence-electron chi connectivity index (χ2n) is 6.74. The molecule has 2 heterocycles. The maximum absolute atomic E-state index is 12.7. The van der Waals surface area contributed by atoms with E-state index < -0.39 is 0 Å². The predicted octanol–water partition coefficient (Wildman–Crippen LogP) is 2.96. The van der Waals surface area contributed by atoms with Gasteiger partial charge in [0, 0.05) is 5.56 Å². The van der Waals surface area contributed by atoms with E-state index in [-0.39, 0.29) is 12.5 Å². The van der Waals surface area contributed by atoms with Gasteiger partial charge in [-0.25, -0.2) is 4.98 Å². The molecule has 0 spiro atoms. The van der Waals surface area contributed by atoms with Crippen LogP contribution in [0.4, 0.5) is 5.69 Å². The van der Waals surface area contributed by atoms with Gasteiger partial charge in [-0.15, -0.1) is 10.2 Å². The zero-order valence-electron chi connectivity index (χ0n) is 17.5. The van der Waals surface area contributed by atoms with Gasteiger partial charge in [0.1, 0.15) is 29.6 Å². The SMILES string of the molecule is CCOc1cccc(OCC)c1NC(=O)Cn1nnc(-c2ccc3nc(C)[nH]c3c2)n1. The highest BCUT2D eigenvalue weighted by molar-refractivity contribution is 5.94. The number of amides is 1. The summed E-state index contributed by atoms with van der Waals surface area (Å²) in [5, 5.41) is 15.2. The van der Waals surface area contributed by atoms with Crippen molar-refractivity contribution < 1.29 is 14.3 Å². The Labute approximate surface area is 178 Å². The van der Waals surface area contributed by atoms with E-state index in [0.29, 0.717) is 36.2 Å². The van der Waals surface area contributed by atoms with Crippen LogP contribution in [0.3, 0.4) is 0 Å². The van der Waals surface area contributed by atoms with Crippen molar-refractivity contribution >= 4 is 22.6 Å². The Kier molecular flexibility index (Phi) is 5.78. The molecule has 0 aliphatic heterocycles. The Bertz CT molecular complexity index is 1190. The van der Waals surface area contributed by atoms with Crippen LogP contribution in [0.2, 0.25) is 0 Å². The molecule has 0 unspecified atom stereocenters. The molecule has 10 nitrogen and oxygen atoms in total. The molecule has 0 aliphatic carbocycles. The summed E-state index contributed by atoms with van der Waals surface area (Å²) >= 11 is 0. The van der Waals surface area contributed by atoms with E-state index in [0.717, 1.165) is 22.4 Å². The Hall–Kier alpha value is -3.95. The van der Waals surface area contributed by atoms with Crippen molar-refractivity contribution in [1.29, 1.82) is 0 Å². The number of rotatable bonds is 8. The van der Waals surface area contributed by atoms with Crippen LogP contribution in [0.15, 0.2) is 36.4 Å². The summed E-state index contributed by atoms with van der Waals surface area (Å²) in [7, 11) is 0. The molecule has 0 saturated heterocycles. The molecule has 0 atom stereocenters. The molecule has 4 aromatic rings. The number of benzene rings is 2. The topological polar surface area (TPSA) is 120 Å². The number of H-pyrrole nitrogens is 1. The normalized spacial score (nSPS) is 10.9. The number of fused-ring (bicyclic) bond motifs is 1. The Morgan fingerprint density at radius 2 is 1.87 bits per heavy atom. The maximum Gasteiger partial charge on any atom is 0.248 e. The minimum Gasteiger partial charge on any atom is -0.492 e. The third-order valence-corrected chi connectivity index (χ3v) is 4.45. The molecule has 31 heavy (non-hydrogen) atoms. The monoisotopic (exact) mass is 421 g/mol. The first-order valence-corrected chi connectivity index (χ1v) is 10.0. The first-order chi connectivity index (χ1) is 15.1. The van der Waals surface area contributed by atoms with Gasteiger partial charge in [0.2, 0.25) is 11.7 Å². The zero-order valence-corrected chi connectivity index (χ0v) is 17.5. The van der Waals surface area contributed by atoms with Crippen molar-refractivity contribution in [3.63, 3.8) is 0 Å². The van der Waals surface area contributed by atoms with Crippen molar-refractivity contribution in [2.45, 2.75) is 27.3 Å². The highest BCUT2D eigenvalue weighted by atomic mass is 16.5. The van der Waals surface area contributed by atoms with E-state index in [1.165, 1.54) is 4.80 Å². The number of anilines is 1. The molecule has 160 valence electrons. The Balaban J connectivity index is 1.50. The summed E-state index contributed by atoms with van der Waals surface area (Å²) in [6.45, 7) is 6.47. The molecule has 10 heteroatoms. The van der Waals surface area contributed by atoms with Gasteiger partial charge in [-0.2, -0.15) is 4.80 Å². The minimum atomic E-state index is -0.322. The van der Waals surface area contributed by atoms with Crippen molar-refractivity contribution in [2.24, 2.45) is 0 Å². The lowest BCUT2D eigenvalue weighted by Crippen LogP contribution is -2.21. The van der Waals surface area contributed by atoms with Gasteiger partial charge in [0.15, 0.2) is 0 Å². The number of para-hydroxylation sites is 1. The summed E-state index contributed by atoms with van der Waals surface area (Å²) in [6, 6.07) is 11.0. The molecular weight excluding hydrogens is 398 g/mol. The van der Waals surface area contributed by atoms with E-state index in [1.807, 2.05) is 45.0 Å². The molecule has 1 amide bonds. The van der Waals surface area contributed by atoms with Crippen LogP contribution in [0, 0.1) is 6.92 Å². The molecule has 0 aliphatic rings. The van der Waals surface area contributed by atoms with Gasteiger partial charge < -0.3 is 19.8 Å². The van der Waals surface area contributed by atoms with Gasteiger partial charge >= 0.3 is 0 Å². The number of aryl methyl sites for hydroxylation is 1. The number of nitrogens with zero attached hydrogens (tertiary/aromatic N) is 5. The van der Waals surface area contributed by atoms with Gasteiger partial charge in [-0.05, 0) is 56.3 Å². The van der Waals surface area contributed by atoms with Crippen LogP contribution >= 0.6 is 0 Å². The third kappa shape index (κ3) is 4.47. The number of carbonyl (C=O) groups is 1. The van der Waals surface area contributed by atoms with E-state index in [9.17, 15) is 4.79 Å². The first-order valence-electron chi connectivity index (χ1n) is 10.0. The lowest BCUT2D eigenvalue weighted by molar-refractivity contribution is -0.117. The quantitative estimate of drug-likeness (QED) is 0.449. The number of ether oxygens (including phenoxy) is 2. The summed E-state index contributed by atoms with van der Waals surface area (Å²) < 4.78 is 11.2. The second-order valence-corrected chi connectivity index (χ2v) is 6.74. The van der Waals surface area contributed by atoms with Crippen LogP contribution in [0.25, 0.3) is 22.4 Å². The smallest absolute Gasteiger partial charge is 0.248 e. The summed E-state index contributed by atoms with van der Waals surface area (Å²) in [5.41, 5.74) is 3.02. The molecule has 2 N–H and O–H groups in total. The maximum atomic E-state index is 12.7. The number of aromatic amines is 1. The lowest BCUT2D eigenvalue weighted by atomic mass is 10.2. The molecule has 0 saturated carbocycles. The van der Waals surface area contributed by atoms with Crippen molar-refractivity contribution in [3.8, 4) is 22.9 Å². The fourth-order valence-corrected chi connectivity index (χ4v) is 3.20. The molecule has 2 aromatic carbocycles. The van der Waals surface area contributed by atoms with Crippen molar-refractivity contribution in [2.75, 3.05) is 18.5 Å². The highest BCUT2D eigenvalue weighted by Crippen LogP contribution is 2.34. The highest BCUT2D eigenvalue weighted by Gasteiger charge is 2.16. The van der Waals surface area contributed by atoms with Crippen LogP contribution in [-0.2, 0) is 11.3 Å². The number of hydrogen-bond acceptors (Lipinski definition) is 7. The summed E-state index contributed by atoms with van der Waals surface area (Å²) in [4.78, 5) is 21.5. The Morgan fingerprint density at radius 3 is 2.58 bits per heavy atom.